The van der Waals surface area contributed by atoms with Gasteiger partial charge in [0.2, 0.25) is 0 Å². The van der Waals surface area contributed by atoms with Crippen LogP contribution in [0.2, 0.25) is 0 Å². The molecule has 0 amide bonds. The number of nitrogens with zero attached hydrogens (tertiary/aromatic N) is 2. The van der Waals surface area contributed by atoms with Gasteiger partial charge in [0.1, 0.15) is 6.04 Å². The number of carboxylic acids is 1. The summed E-state index contributed by atoms with van der Waals surface area (Å²) >= 11 is 0. The Labute approximate surface area is 149 Å². The largest absolute Gasteiger partial charge is 0.480 e. The molecule has 0 aromatic heterocycles. The Balaban J connectivity index is 1.47. The van der Waals surface area contributed by atoms with Crippen LogP contribution in [0, 0.1) is 5.92 Å². The average Bonchev–Trinajstić information content (AvgIpc) is 3.02. The van der Waals surface area contributed by atoms with Crippen molar-refractivity contribution in [1.29, 1.82) is 0 Å². The normalized spacial score (nSPS) is 30.2. The van der Waals surface area contributed by atoms with Crippen molar-refractivity contribution >= 4 is 11.7 Å². The molecule has 4 rings (SSSR count). The predicted octanol–water partition coefficient (Wildman–Crippen LogP) is 2.74. The summed E-state index contributed by atoms with van der Waals surface area (Å²) < 4.78 is 5.41. The van der Waals surface area contributed by atoms with E-state index in [0.29, 0.717) is 12.0 Å². The van der Waals surface area contributed by atoms with Gasteiger partial charge in [-0.05, 0) is 42.9 Å². The standard InChI is InChI=1S/C20H28N2O3/c23-20(24)19-13-16-3-1-2-4-18(16)22(19)14-15-5-7-17(8-6-15)21-9-11-25-12-10-21/h5-8,16,18-19H,1-4,9-14H2,(H,23,24)/t16-,18-,19-/m0/s1. The summed E-state index contributed by atoms with van der Waals surface area (Å²) in [5.74, 6) is -0.0817. The molecule has 2 saturated heterocycles. The van der Waals surface area contributed by atoms with Gasteiger partial charge in [-0.3, -0.25) is 9.69 Å². The molecule has 1 aromatic rings. The third-order valence-corrected chi connectivity index (χ3v) is 6.18. The highest BCUT2D eigenvalue weighted by Crippen LogP contribution is 2.40. The minimum Gasteiger partial charge on any atom is -0.480 e. The number of rotatable bonds is 4. The Morgan fingerprint density at radius 3 is 2.56 bits per heavy atom. The molecule has 0 radical (unpaired) electrons. The topological polar surface area (TPSA) is 53.0 Å². The van der Waals surface area contributed by atoms with E-state index in [4.69, 9.17) is 4.74 Å². The minimum absolute atomic E-state index is 0.313. The van der Waals surface area contributed by atoms with Crippen molar-refractivity contribution in [3.63, 3.8) is 0 Å². The van der Waals surface area contributed by atoms with Crippen molar-refractivity contribution in [1.82, 2.24) is 4.90 Å². The van der Waals surface area contributed by atoms with E-state index in [1.54, 1.807) is 0 Å². The molecular formula is C20H28N2O3. The van der Waals surface area contributed by atoms with Crippen LogP contribution in [0.1, 0.15) is 37.7 Å². The number of likely N-dealkylation sites (tertiary alicyclic amines) is 1. The molecule has 1 N–H and O–H groups in total. The van der Waals surface area contributed by atoms with Gasteiger partial charge in [0, 0.05) is 31.4 Å². The monoisotopic (exact) mass is 344 g/mol. The first kappa shape index (κ1) is 16.9. The molecule has 5 heteroatoms. The number of benzene rings is 1. The summed E-state index contributed by atoms with van der Waals surface area (Å²) in [6.07, 6.45) is 5.67. The molecule has 3 fully saturated rings. The van der Waals surface area contributed by atoms with Crippen LogP contribution in [0.4, 0.5) is 5.69 Å². The summed E-state index contributed by atoms with van der Waals surface area (Å²) in [5.41, 5.74) is 2.45. The average molecular weight is 344 g/mol. The van der Waals surface area contributed by atoms with Crippen LogP contribution in [0.5, 0.6) is 0 Å². The lowest BCUT2D eigenvalue weighted by atomic mass is 9.84. The Morgan fingerprint density at radius 1 is 1.12 bits per heavy atom. The maximum absolute atomic E-state index is 11.7. The first-order valence-electron chi connectivity index (χ1n) is 9.62. The second-order valence-electron chi connectivity index (χ2n) is 7.64. The van der Waals surface area contributed by atoms with Crippen LogP contribution in [0.3, 0.4) is 0 Å². The van der Waals surface area contributed by atoms with Gasteiger partial charge >= 0.3 is 5.97 Å². The molecule has 3 aliphatic rings. The third-order valence-electron chi connectivity index (χ3n) is 6.18. The number of hydrogen-bond donors (Lipinski definition) is 1. The zero-order valence-electron chi connectivity index (χ0n) is 14.8. The maximum atomic E-state index is 11.7. The van der Waals surface area contributed by atoms with Crippen LogP contribution in [-0.4, -0.2) is 54.4 Å². The molecule has 3 atom stereocenters. The summed E-state index contributed by atoms with van der Waals surface area (Å²) in [4.78, 5) is 16.4. The van der Waals surface area contributed by atoms with Crippen molar-refractivity contribution in [3.05, 3.63) is 29.8 Å². The highest BCUT2D eigenvalue weighted by Gasteiger charge is 2.44. The Kier molecular flexibility index (Phi) is 4.95. The smallest absolute Gasteiger partial charge is 0.320 e. The van der Waals surface area contributed by atoms with Crippen LogP contribution in [0.25, 0.3) is 0 Å². The van der Waals surface area contributed by atoms with E-state index in [0.717, 1.165) is 45.7 Å². The molecule has 0 bridgehead atoms. The first-order valence-corrected chi connectivity index (χ1v) is 9.62. The van der Waals surface area contributed by atoms with Crippen molar-refractivity contribution in [2.45, 2.75) is 50.7 Å². The van der Waals surface area contributed by atoms with Crippen LogP contribution in [-0.2, 0) is 16.1 Å². The molecule has 0 unspecified atom stereocenters. The van der Waals surface area contributed by atoms with E-state index in [2.05, 4.69) is 34.1 Å². The minimum atomic E-state index is -0.653. The van der Waals surface area contributed by atoms with E-state index in [-0.39, 0.29) is 6.04 Å². The fraction of sp³-hybridized carbons (Fsp3) is 0.650. The highest BCUT2D eigenvalue weighted by atomic mass is 16.5. The number of morpholine rings is 1. The molecule has 2 heterocycles. The fourth-order valence-electron chi connectivity index (χ4n) is 4.87. The summed E-state index contributed by atoms with van der Waals surface area (Å²) in [7, 11) is 0. The highest BCUT2D eigenvalue weighted by molar-refractivity contribution is 5.74. The Morgan fingerprint density at radius 2 is 1.84 bits per heavy atom. The number of fused-ring (bicyclic) bond motifs is 1. The van der Waals surface area contributed by atoms with E-state index < -0.39 is 5.97 Å². The Bertz CT molecular complexity index is 597. The molecule has 5 nitrogen and oxygen atoms in total. The molecule has 1 aliphatic carbocycles. The van der Waals surface area contributed by atoms with Gasteiger partial charge in [0.15, 0.2) is 0 Å². The van der Waals surface area contributed by atoms with Crippen LogP contribution in [0.15, 0.2) is 24.3 Å². The second-order valence-corrected chi connectivity index (χ2v) is 7.64. The fourth-order valence-corrected chi connectivity index (χ4v) is 4.87. The molecule has 25 heavy (non-hydrogen) atoms. The summed E-state index contributed by atoms with van der Waals surface area (Å²) in [6, 6.07) is 8.82. The van der Waals surface area contributed by atoms with Gasteiger partial charge in [0.25, 0.3) is 0 Å². The molecule has 136 valence electrons. The van der Waals surface area contributed by atoms with Gasteiger partial charge in [-0.15, -0.1) is 0 Å². The Hall–Kier alpha value is -1.59. The zero-order chi connectivity index (χ0) is 17.2. The number of aliphatic carboxylic acids is 1. The van der Waals surface area contributed by atoms with Crippen molar-refractivity contribution < 1.29 is 14.6 Å². The van der Waals surface area contributed by atoms with Gasteiger partial charge < -0.3 is 14.7 Å². The first-order chi connectivity index (χ1) is 12.2. The van der Waals surface area contributed by atoms with Gasteiger partial charge in [-0.2, -0.15) is 0 Å². The van der Waals surface area contributed by atoms with Crippen LogP contribution < -0.4 is 4.90 Å². The lowest BCUT2D eigenvalue weighted by Crippen LogP contribution is -2.41. The quantitative estimate of drug-likeness (QED) is 0.910. The second kappa shape index (κ2) is 7.34. The SMILES string of the molecule is O=C(O)[C@@H]1C[C@@H]2CCCC[C@@H]2N1Cc1ccc(N2CCOCC2)cc1. The number of hydrogen-bond acceptors (Lipinski definition) is 4. The lowest BCUT2D eigenvalue weighted by molar-refractivity contribution is -0.142. The van der Waals surface area contributed by atoms with E-state index >= 15 is 0 Å². The van der Waals surface area contributed by atoms with E-state index in [9.17, 15) is 9.90 Å². The van der Waals surface area contributed by atoms with Gasteiger partial charge in [-0.25, -0.2) is 0 Å². The molecule has 0 spiro atoms. The lowest BCUT2D eigenvalue weighted by Gasteiger charge is -2.33. The molecule has 1 aromatic carbocycles. The molecular weight excluding hydrogens is 316 g/mol. The number of anilines is 1. The van der Waals surface area contributed by atoms with Crippen molar-refractivity contribution in [3.8, 4) is 0 Å². The predicted molar refractivity (Wildman–Crippen MR) is 96.8 cm³/mol. The summed E-state index contributed by atoms with van der Waals surface area (Å²) in [5, 5.41) is 9.66. The molecule has 1 saturated carbocycles. The molecule has 2 aliphatic heterocycles. The number of carbonyl (C=O) groups is 1. The van der Waals surface area contributed by atoms with Crippen molar-refractivity contribution in [2.24, 2.45) is 5.92 Å². The third kappa shape index (κ3) is 3.53. The number of ether oxygens (including phenoxy) is 1. The van der Waals surface area contributed by atoms with Crippen LogP contribution >= 0.6 is 0 Å². The van der Waals surface area contributed by atoms with Gasteiger partial charge in [-0.1, -0.05) is 25.0 Å². The van der Waals surface area contributed by atoms with Crippen molar-refractivity contribution in [2.75, 3.05) is 31.2 Å². The van der Waals surface area contributed by atoms with Gasteiger partial charge in [0.05, 0.1) is 13.2 Å². The van der Waals surface area contributed by atoms with E-state index in [1.807, 2.05) is 0 Å². The summed E-state index contributed by atoms with van der Waals surface area (Å²) in [6.45, 7) is 4.21. The zero-order valence-corrected chi connectivity index (χ0v) is 14.8. The van der Waals surface area contributed by atoms with E-state index in [1.165, 1.54) is 30.5 Å². The maximum Gasteiger partial charge on any atom is 0.320 e. The number of carboxylic acid groups (broad SMARTS) is 1.